The zero-order valence-corrected chi connectivity index (χ0v) is 12.7. The van der Waals surface area contributed by atoms with E-state index in [1.807, 2.05) is 17.0 Å². The Kier molecular flexibility index (Phi) is 4.44. The first-order valence-corrected chi connectivity index (χ1v) is 7.88. The Balaban J connectivity index is 1.44. The van der Waals surface area contributed by atoms with Gasteiger partial charge >= 0.3 is 0 Å². The van der Waals surface area contributed by atoms with Crippen LogP contribution in [0, 0.1) is 5.92 Å². The van der Waals surface area contributed by atoms with Gasteiger partial charge in [0.2, 0.25) is 5.91 Å². The monoisotopic (exact) mass is 288 g/mol. The zero-order chi connectivity index (χ0) is 14.7. The van der Waals surface area contributed by atoms with E-state index >= 15 is 0 Å². The van der Waals surface area contributed by atoms with Crippen molar-refractivity contribution < 1.29 is 9.53 Å². The summed E-state index contributed by atoms with van der Waals surface area (Å²) in [5.41, 5.74) is 1.25. The number of nitrogens with one attached hydrogen (secondary N) is 1. The van der Waals surface area contributed by atoms with Crippen molar-refractivity contribution in [3.05, 3.63) is 29.8 Å². The van der Waals surface area contributed by atoms with E-state index < -0.39 is 0 Å². The largest absolute Gasteiger partial charge is 0.497 e. The number of hydrogen-bond acceptors (Lipinski definition) is 3. The van der Waals surface area contributed by atoms with E-state index in [1.165, 1.54) is 18.4 Å². The summed E-state index contributed by atoms with van der Waals surface area (Å²) in [6.07, 6.45) is 4.28. The van der Waals surface area contributed by atoms with Crippen LogP contribution in [-0.2, 0) is 11.2 Å². The second-order valence-electron chi connectivity index (χ2n) is 6.19. The van der Waals surface area contributed by atoms with Gasteiger partial charge in [-0.3, -0.25) is 4.79 Å². The highest BCUT2D eigenvalue weighted by Crippen LogP contribution is 2.28. The Labute approximate surface area is 126 Å². The van der Waals surface area contributed by atoms with Crippen molar-refractivity contribution >= 4 is 5.91 Å². The number of methoxy groups -OCH3 is 1. The predicted octanol–water partition coefficient (Wildman–Crippen LogP) is 1.84. The summed E-state index contributed by atoms with van der Waals surface area (Å²) in [5.74, 6) is 2.03. The van der Waals surface area contributed by atoms with Crippen molar-refractivity contribution in [1.82, 2.24) is 10.2 Å². The topological polar surface area (TPSA) is 41.6 Å². The molecule has 1 unspecified atom stereocenters. The molecular weight excluding hydrogens is 264 g/mol. The molecule has 1 atom stereocenters. The molecule has 0 spiro atoms. The normalized spacial score (nSPS) is 21.9. The molecule has 1 aromatic carbocycles. The van der Waals surface area contributed by atoms with Crippen LogP contribution in [0.25, 0.3) is 0 Å². The van der Waals surface area contributed by atoms with Gasteiger partial charge in [0.25, 0.3) is 0 Å². The van der Waals surface area contributed by atoms with Crippen LogP contribution in [0.15, 0.2) is 24.3 Å². The Morgan fingerprint density at radius 1 is 1.29 bits per heavy atom. The maximum absolute atomic E-state index is 12.0. The van der Waals surface area contributed by atoms with Crippen molar-refractivity contribution in [2.45, 2.75) is 31.7 Å². The van der Waals surface area contributed by atoms with Crippen LogP contribution in [0.4, 0.5) is 0 Å². The highest BCUT2D eigenvalue weighted by atomic mass is 16.5. The van der Waals surface area contributed by atoms with Crippen LogP contribution < -0.4 is 10.1 Å². The fourth-order valence-corrected chi connectivity index (χ4v) is 2.84. The lowest BCUT2D eigenvalue weighted by molar-refractivity contribution is -0.127. The average molecular weight is 288 g/mol. The molecule has 0 aromatic heterocycles. The van der Waals surface area contributed by atoms with Crippen LogP contribution in [0.1, 0.15) is 24.8 Å². The van der Waals surface area contributed by atoms with Crippen LogP contribution in [0.5, 0.6) is 5.75 Å². The zero-order valence-electron chi connectivity index (χ0n) is 12.7. The van der Waals surface area contributed by atoms with Crippen LogP contribution in [-0.4, -0.2) is 43.6 Å². The number of carbonyl (C=O) groups is 1. The van der Waals surface area contributed by atoms with E-state index in [0.29, 0.717) is 12.5 Å². The molecular formula is C17H24N2O2. The molecule has 21 heavy (non-hydrogen) atoms. The molecule has 2 fully saturated rings. The number of amides is 1. The number of ether oxygens (including phenoxy) is 1. The third kappa shape index (κ3) is 3.97. The molecule has 4 heteroatoms. The molecule has 1 N–H and O–H groups in total. The third-order valence-corrected chi connectivity index (χ3v) is 4.44. The smallest absolute Gasteiger partial charge is 0.224 e. The first kappa shape index (κ1) is 14.4. The quantitative estimate of drug-likeness (QED) is 0.832. The lowest BCUT2D eigenvalue weighted by atomic mass is 10.1. The summed E-state index contributed by atoms with van der Waals surface area (Å²) in [6.45, 7) is 2.76. The summed E-state index contributed by atoms with van der Waals surface area (Å²) in [6, 6.07) is 8.45. The molecule has 0 radical (unpaired) electrons. The van der Waals surface area contributed by atoms with Crippen molar-refractivity contribution in [3.8, 4) is 5.75 Å². The van der Waals surface area contributed by atoms with Gasteiger partial charge in [-0.1, -0.05) is 12.1 Å². The number of benzene rings is 1. The fourth-order valence-electron chi connectivity index (χ4n) is 2.84. The summed E-state index contributed by atoms with van der Waals surface area (Å²) in [4.78, 5) is 14.0. The van der Waals surface area contributed by atoms with E-state index in [4.69, 9.17) is 4.74 Å². The lowest BCUT2D eigenvalue weighted by Gasteiger charge is -2.17. The van der Waals surface area contributed by atoms with E-state index in [-0.39, 0.29) is 5.91 Å². The maximum Gasteiger partial charge on any atom is 0.224 e. The molecule has 114 valence electrons. The second kappa shape index (κ2) is 6.48. The summed E-state index contributed by atoms with van der Waals surface area (Å²) < 4.78 is 5.16. The minimum absolute atomic E-state index is 0.289. The first-order chi connectivity index (χ1) is 10.2. The summed E-state index contributed by atoms with van der Waals surface area (Å²) in [7, 11) is 1.67. The molecule has 1 aromatic rings. The molecule has 1 heterocycles. The molecule has 4 nitrogen and oxygen atoms in total. The van der Waals surface area contributed by atoms with E-state index in [1.54, 1.807) is 7.11 Å². The van der Waals surface area contributed by atoms with Crippen molar-refractivity contribution in [3.63, 3.8) is 0 Å². The van der Waals surface area contributed by atoms with Gasteiger partial charge in [0.1, 0.15) is 5.75 Å². The predicted molar refractivity (Wildman–Crippen MR) is 82.4 cm³/mol. The first-order valence-electron chi connectivity index (χ1n) is 7.88. The van der Waals surface area contributed by atoms with E-state index in [2.05, 4.69) is 17.4 Å². The summed E-state index contributed by atoms with van der Waals surface area (Å²) >= 11 is 0. The van der Waals surface area contributed by atoms with Crippen molar-refractivity contribution in [2.75, 3.05) is 26.7 Å². The molecule has 1 saturated carbocycles. The minimum Gasteiger partial charge on any atom is -0.497 e. The lowest BCUT2D eigenvalue weighted by Crippen LogP contribution is -2.34. The van der Waals surface area contributed by atoms with Gasteiger partial charge in [-0.2, -0.15) is 0 Å². The Bertz CT molecular complexity index is 482. The van der Waals surface area contributed by atoms with Crippen LogP contribution in [0.2, 0.25) is 0 Å². The molecule has 1 aliphatic carbocycles. The molecule has 3 rings (SSSR count). The average Bonchev–Trinajstić information content (AvgIpc) is 3.27. The maximum atomic E-state index is 12.0. The summed E-state index contributed by atoms with van der Waals surface area (Å²) in [5, 5.41) is 3.54. The number of carbonyl (C=O) groups excluding carboxylic acids is 1. The number of hydrogen-bond donors (Lipinski definition) is 1. The molecule has 1 aliphatic heterocycles. The Morgan fingerprint density at radius 3 is 2.71 bits per heavy atom. The third-order valence-electron chi connectivity index (χ3n) is 4.44. The van der Waals surface area contributed by atoms with Crippen LogP contribution >= 0.6 is 0 Å². The number of nitrogens with zero attached hydrogens (tertiary/aromatic N) is 1. The van der Waals surface area contributed by atoms with Gasteiger partial charge in [0, 0.05) is 25.6 Å². The van der Waals surface area contributed by atoms with Crippen molar-refractivity contribution in [2.24, 2.45) is 5.92 Å². The fraction of sp³-hybridized carbons (Fsp3) is 0.588. The van der Waals surface area contributed by atoms with Gasteiger partial charge in [0.15, 0.2) is 0 Å². The van der Waals surface area contributed by atoms with Gasteiger partial charge in [-0.25, -0.2) is 0 Å². The number of likely N-dealkylation sites (tertiary alicyclic amines) is 1. The Hall–Kier alpha value is -1.55. The highest BCUT2D eigenvalue weighted by molar-refractivity contribution is 5.79. The van der Waals surface area contributed by atoms with Crippen LogP contribution in [0.3, 0.4) is 0 Å². The molecule has 0 bridgehead atoms. The number of rotatable bonds is 7. The van der Waals surface area contributed by atoms with Gasteiger partial charge in [-0.05, 0) is 49.4 Å². The molecule has 1 amide bonds. The molecule has 1 saturated heterocycles. The van der Waals surface area contributed by atoms with Gasteiger partial charge < -0.3 is 15.0 Å². The SMILES string of the molecule is COc1ccc(CCN2CC(NCC3CC3)CC2=O)cc1. The highest BCUT2D eigenvalue weighted by Gasteiger charge is 2.30. The van der Waals surface area contributed by atoms with E-state index in [9.17, 15) is 4.79 Å². The van der Waals surface area contributed by atoms with E-state index in [0.717, 1.165) is 37.7 Å². The Morgan fingerprint density at radius 2 is 2.05 bits per heavy atom. The standard InChI is InChI=1S/C17H24N2O2/c1-21-16-6-4-13(5-7-16)8-9-19-12-15(10-17(19)20)18-11-14-2-3-14/h4-7,14-15,18H,2-3,8-12H2,1H3. The minimum atomic E-state index is 0.289. The van der Waals surface area contributed by atoms with Gasteiger partial charge in [-0.15, -0.1) is 0 Å². The van der Waals surface area contributed by atoms with Gasteiger partial charge in [0.05, 0.1) is 7.11 Å². The van der Waals surface area contributed by atoms with Crippen molar-refractivity contribution in [1.29, 1.82) is 0 Å². The molecule has 2 aliphatic rings. The second-order valence-corrected chi connectivity index (χ2v) is 6.19.